The molecule has 0 radical (unpaired) electrons. The Morgan fingerprint density at radius 3 is 1.50 bits per heavy atom. The lowest BCUT2D eigenvalue weighted by Gasteiger charge is -2.06. The van der Waals surface area contributed by atoms with E-state index in [9.17, 15) is 14.4 Å². The van der Waals surface area contributed by atoms with Gasteiger partial charge in [0.25, 0.3) is 0 Å². The van der Waals surface area contributed by atoms with E-state index in [1.54, 1.807) is 0 Å². The summed E-state index contributed by atoms with van der Waals surface area (Å²) in [6, 6.07) is -0.325. The van der Waals surface area contributed by atoms with E-state index in [1.807, 2.05) is 0 Å². The fourth-order valence-electron chi connectivity index (χ4n) is 0.992. The molecule has 0 atom stereocenters. The Bertz CT molecular complexity index is 231. The van der Waals surface area contributed by atoms with Gasteiger partial charge in [-0.1, -0.05) is 0 Å². The van der Waals surface area contributed by atoms with Crippen molar-refractivity contribution in [3.63, 3.8) is 0 Å². The molecule has 7 nitrogen and oxygen atoms in total. The number of nitrogens with two attached hydrogens (primary N) is 2. The maximum Gasteiger partial charge on any atom is 0.314 e. The molecule has 0 aromatic carbocycles. The summed E-state index contributed by atoms with van der Waals surface area (Å²) in [4.78, 5) is 31.8. The molecular weight excluding hydrogens is 212 g/mol. The molecule has 0 saturated carbocycles. The fraction of sp³-hybridized carbons (Fsp3) is 0.667. The standard InChI is InChI=1S/C9H18N4O3/c10-7(14)3-1-5-12-9(16)13-6-2-4-8(11)15/h1-6H2,(H2,10,14)(H2,11,15)(H2,12,13,16). The highest BCUT2D eigenvalue weighted by molar-refractivity contribution is 5.75. The Morgan fingerprint density at radius 1 is 0.812 bits per heavy atom. The number of hydrogen-bond donors (Lipinski definition) is 4. The molecule has 0 aromatic rings. The summed E-state index contributed by atoms with van der Waals surface area (Å²) in [5, 5.41) is 5.10. The second-order valence-corrected chi connectivity index (χ2v) is 3.32. The lowest BCUT2D eigenvalue weighted by atomic mass is 10.3. The van der Waals surface area contributed by atoms with E-state index in [2.05, 4.69) is 10.6 Å². The van der Waals surface area contributed by atoms with Gasteiger partial charge in [0.15, 0.2) is 0 Å². The monoisotopic (exact) mass is 230 g/mol. The molecule has 0 aromatic heterocycles. The first-order chi connectivity index (χ1) is 7.52. The zero-order valence-electron chi connectivity index (χ0n) is 9.12. The molecule has 0 unspecified atom stereocenters. The lowest BCUT2D eigenvalue weighted by Crippen LogP contribution is -2.37. The summed E-state index contributed by atoms with van der Waals surface area (Å²) < 4.78 is 0. The maximum atomic E-state index is 11.1. The summed E-state index contributed by atoms with van der Waals surface area (Å²) in [5.74, 6) is -0.771. The lowest BCUT2D eigenvalue weighted by molar-refractivity contribution is -0.118. The summed E-state index contributed by atoms with van der Waals surface area (Å²) in [6.07, 6.45) is 1.54. The Hall–Kier alpha value is -1.79. The quantitative estimate of drug-likeness (QED) is 0.392. The second kappa shape index (κ2) is 8.51. The van der Waals surface area contributed by atoms with Gasteiger partial charge in [0.1, 0.15) is 0 Å². The van der Waals surface area contributed by atoms with Gasteiger partial charge in [-0.3, -0.25) is 9.59 Å². The molecule has 0 fully saturated rings. The fourth-order valence-corrected chi connectivity index (χ4v) is 0.992. The first-order valence-electron chi connectivity index (χ1n) is 5.10. The number of rotatable bonds is 8. The molecule has 0 aliphatic carbocycles. The van der Waals surface area contributed by atoms with E-state index >= 15 is 0 Å². The topological polar surface area (TPSA) is 127 Å². The molecule has 16 heavy (non-hydrogen) atoms. The Morgan fingerprint density at radius 2 is 1.19 bits per heavy atom. The number of urea groups is 1. The summed E-state index contributed by atoms with van der Waals surface area (Å²) in [5.41, 5.74) is 9.85. The van der Waals surface area contributed by atoms with E-state index in [4.69, 9.17) is 11.5 Å². The van der Waals surface area contributed by atoms with Gasteiger partial charge in [-0.2, -0.15) is 0 Å². The molecule has 92 valence electrons. The number of carbonyl (C=O) groups excluding carboxylic acids is 3. The molecule has 0 rings (SSSR count). The van der Waals surface area contributed by atoms with Gasteiger partial charge in [-0.05, 0) is 12.8 Å². The first kappa shape index (κ1) is 14.2. The second-order valence-electron chi connectivity index (χ2n) is 3.32. The highest BCUT2D eigenvalue weighted by Gasteiger charge is 2.00. The van der Waals surface area contributed by atoms with Crippen LogP contribution in [0.4, 0.5) is 4.79 Å². The zero-order valence-corrected chi connectivity index (χ0v) is 9.12. The highest BCUT2D eigenvalue weighted by Crippen LogP contribution is 1.86. The predicted octanol–water partition coefficient (Wildman–Crippen LogP) is -1.18. The number of amides is 4. The van der Waals surface area contributed by atoms with Crippen LogP contribution in [-0.4, -0.2) is 30.9 Å². The molecule has 0 saturated heterocycles. The average Bonchev–Trinajstić information content (AvgIpc) is 2.19. The molecule has 0 heterocycles. The van der Waals surface area contributed by atoms with Crippen molar-refractivity contribution in [2.75, 3.05) is 13.1 Å². The van der Waals surface area contributed by atoms with Crippen molar-refractivity contribution in [1.82, 2.24) is 10.6 Å². The minimum absolute atomic E-state index is 0.252. The molecule has 0 aliphatic rings. The van der Waals surface area contributed by atoms with Crippen molar-refractivity contribution in [2.45, 2.75) is 25.7 Å². The van der Waals surface area contributed by atoms with Crippen LogP contribution in [-0.2, 0) is 9.59 Å². The molecular formula is C9H18N4O3. The maximum absolute atomic E-state index is 11.1. The Balaban J connectivity index is 3.31. The number of nitrogens with one attached hydrogen (secondary N) is 2. The molecule has 0 spiro atoms. The van der Waals surface area contributed by atoms with Gasteiger partial charge in [-0.25, -0.2) is 4.79 Å². The molecule has 0 bridgehead atoms. The third-order valence-corrected chi connectivity index (χ3v) is 1.77. The van der Waals surface area contributed by atoms with Gasteiger partial charge in [0.2, 0.25) is 11.8 Å². The van der Waals surface area contributed by atoms with Gasteiger partial charge in [0, 0.05) is 25.9 Å². The van der Waals surface area contributed by atoms with Crippen molar-refractivity contribution in [1.29, 1.82) is 0 Å². The smallest absolute Gasteiger partial charge is 0.314 e. The van der Waals surface area contributed by atoms with Crippen LogP contribution in [0.25, 0.3) is 0 Å². The van der Waals surface area contributed by atoms with Crippen molar-refractivity contribution < 1.29 is 14.4 Å². The molecule has 7 heteroatoms. The largest absolute Gasteiger partial charge is 0.370 e. The van der Waals surface area contributed by atoms with Crippen LogP contribution in [0.15, 0.2) is 0 Å². The zero-order chi connectivity index (χ0) is 12.4. The third kappa shape index (κ3) is 10.3. The number of carbonyl (C=O) groups is 3. The van der Waals surface area contributed by atoms with Crippen LogP contribution in [0.1, 0.15) is 25.7 Å². The van der Waals surface area contributed by atoms with E-state index in [0.717, 1.165) is 0 Å². The van der Waals surface area contributed by atoms with Crippen molar-refractivity contribution >= 4 is 17.8 Å². The molecule has 0 aliphatic heterocycles. The predicted molar refractivity (Wildman–Crippen MR) is 58.3 cm³/mol. The van der Waals surface area contributed by atoms with E-state index in [-0.39, 0.29) is 30.7 Å². The van der Waals surface area contributed by atoms with Crippen LogP contribution in [0.5, 0.6) is 0 Å². The van der Waals surface area contributed by atoms with E-state index in [0.29, 0.717) is 25.9 Å². The van der Waals surface area contributed by atoms with Crippen LogP contribution in [0, 0.1) is 0 Å². The minimum Gasteiger partial charge on any atom is -0.370 e. The van der Waals surface area contributed by atoms with Crippen LogP contribution in [0.3, 0.4) is 0 Å². The highest BCUT2D eigenvalue weighted by atomic mass is 16.2. The molecule has 4 amide bonds. The number of hydrogen-bond acceptors (Lipinski definition) is 3. The van der Waals surface area contributed by atoms with Crippen LogP contribution in [0.2, 0.25) is 0 Å². The average molecular weight is 230 g/mol. The Kier molecular flexibility index (Phi) is 7.56. The van der Waals surface area contributed by atoms with Crippen molar-refractivity contribution in [3.05, 3.63) is 0 Å². The van der Waals surface area contributed by atoms with E-state index < -0.39 is 0 Å². The van der Waals surface area contributed by atoms with Crippen molar-refractivity contribution in [3.8, 4) is 0 Å². The normalized spacial score (nSPS) is 9.50. The number of primary amides is 2. The minimum atomic E-state index is -0.385. The summed E-state index contributed by atoms with van der Waals surface area (Å²) >= 11 is 0. The van der Waals surface area contributed by atoms with Crippen LogP contribution < -0.4 is 22.1 Å². The van der Waals surface area contributed by atoms with Gasteiger partial charge < -0.3 is 22.1 Å². The van der Waals surface area contributed by atoms with Crippen molar-refractivity contribution in [2.24, 2.45) is 11.5 Å². The van der Waals surface area contributed by atoms with Crippen LogP contribution >= 0.6 is 0 Å². The Labute approximate surface area is 93.9 Å². The first-order valence-corrected chi connectivity index (χ1v) is 5.10. The van der Waals surface area contributed by atoms with Gasteiger partial charge in [0.05, 0.1) is 0 Å². The SMILES string of the molecule is NC(=O)CCCNC(=O)NCCCC(N)=O. The molecule has 6 N–H and O–H groups in total. The third-order valence-electron chi connectivity index (χ3n) is 1.77. The summed E-state index contributed by atoms with van der Waals surface area (Å²) in [7, 11) is 0. The summed E-state index contributed by atoms with van der Waals surface area (Å²) in [6.45, 7) is 0.787. The van der Waals surface area contributed by atoms with E-state index in [1.165, 1.54) is 0 Å². The van der Waals surface area contributed by atoms with Gasteiger partial charge >= 0.3 is 6.03 Å². The van der Waals surface area contributed by atoms with Gasteiger partial charge in [-0.15, -0.1) is 0 Å².